The number of halogens is 2. The first kappa shape index (κ1) is 11.3. The van der Waals surface area contributed by atoms with Crippen molar-refractivity contribution in [1.29, 1.82) is 0 Å². The van der Waals surface area contributed by atoms with Crippen LogP contribution in [0, 0.1) is 0 Å². The molecule has 0 amide bonds. The number of rotatable bonds is 3. The maximum absolute atomic E-state index is 11.0. The third kappa shape index (κ3) is 2.72. The van der Waals surface area contributed by atoms with Gasteiger partial charge in [0.15, 0.2) is 0 Å². The fourth-order valence-corrected chi connectivity index (χ4v) is 0.775. The maximum atomic E-state index is 11.0. The summed E-state index contributed by atoms with van der Waals surface area (Å²) in [5.41, 5.74) is 0.110. The van der Waals surface area contributed by atoms with Crippen LogP contribution in [0.3, 0.4) is 0 Å². The summed E-state index contributed by atoms with van der Waals surface area (Å²) in [6.45, 7) is 6.75. The molecule has 4 heteroatoms. The molecule has 0 aliphatic carbocycles. The fourth-order valence-electron chi connectivity index (χ4n) is 0.519. The van der Waals surface area contributed by atoms with Gasteiger partial charge in [0.1, 0.15) is 0 Å². The predicted molar refractivity (Wildman–Crippen MR) is 50.1 cm³/mol. The van der Waals surface area contributed by atoms with Crippen molar-refractivity contribution in [2.45, 2.75) is 0 Å². The highest BCUT2D eigenvalue weighted by atomic mass is 35.5. The normalized spacial score (nSPS) is 11.6. The quantitative estimate of drug-likeness (QED) is 0.404. The Balaban J connectivity index is 4.99. The van der Waals surface area contributed by atoms with E-state index in [0.717, 1.165) is 0 Å². The summed E-state index contributed by atoms with van der Waals surface area (Å²) >= 11 is 11.1. The summed E-state index contributed by atoms with van der Waals surface area (Å²) in [5.74, 6) is -0.586. The monoisotopic (exact) mass is 206 g/mol. The molecule has 0 aromatic carbocycles. The summed E-state index contributed by atoms with van der Waals surface area (Å²) in [6, 6.07) is 0. The standard InChI is InChI=1S/C8H8Cl2O2/c1-4-6(8(11)12-3)7(10)5(2)9/h4H,1-2H2,3H3/b7-6-. The molecule has 0 aromatic rings. The first-order valence-corrected chi connectivity index (χ1v) is 3.75. The third-order valence-electron chi connectivity index (χ3n) is 1.08. The van der Waals surface area contributed by atoms with Crippen LogP contribution in [0.1, 0.15) is 0 Å². The number of hydrogen-bond donors (Lipinski definition) is 0. The van der Waals surface area contributed by atoms with Gasteiger partial charge in [-0.05, 0) is 0 Å². The predicted octanol–water partition coefficient (Wildman–Crippen LogP) is 2.59. The average Bonchev–Trinajstić information content (AvgIpc) is 2.05. The number of carbonyl (C=O) groups excluding carboxylic acids is 1. The molecule has 0 saturated carbocycles. The molecule has 0 atom stereocenters. The highest BCUT2D eigenvalue weighted by molar-refractivity contribution is 6.45. The van der Waals surface area contributed by atoms with Gasteiger partial charge >= 0.3 is 5.97 Å². The van der Waals surface area contributed by atoms with Crippen LogP contribution >= 0.6 is 23.2 Å². The van der Waals surface area contributed by atoms with Gasteiger partial charge in [0, 0.05) is 0 Å². The smallest absolute Gasteiger partial charge is 0.339 e. The maximum Gasteiger partial charge on any atom is 0.339 e. The molecular formula is C8H8Cl2O2. The van der Waals surface area contributed by atoms with Crippen LogP contribution in [-0.4, -0.2) is 13.1 Å². The lowest BCUT2D eigenvalue weighted by Crippen LogP contribution is -2.04. The molecule has 0 rings (SSSR count). The molecule has 0 radical (unpaired) electrons. The van der Waals surface area contributed by atoms with Crippen LogP contribution < -0.4 is 0 Å². The molecule has 0 bridgehead atoms. The Hall–Kier alpha value is -0.730. The molecule has 0 heterocycles. The van der Waals surface area contributed by atoms with E-state index in [2.05, 4.69) is 17.9 Å². The zero-order chi connectivity index (χ0) is 9.72. The van der Waals surface area contributed by atoms with E-state index in [1.165, 1.54) is 13.2 Å². The molecule has 0 spiro atoms. The van der Waals surface area contributed by atoms with E-state index in [0.29, 0.717) is 0 Å². The van der Waals surface area contributed by atoms with Crippen molar-refractivity contribution in [3.8, 4) is 0 Å². The first-order chi connectivity index (χ1) is 5.54. The van der Waals surface area contributed by atoms with Gasteiger partial charge in [-0.1, -0.05) is 42.4 Å². The van der Waals surface area contributed by atoms with Crippen molar-refractivity contribution in [2.24, 2.45) is 0 Å². The molecule has 0 saturated heterocycles. The van der Waals surface area contributed by atoms with Crippen molar-refractivity contribution in [1.82, 2.24) is 0 Å². The van der Waals surface area contributed by atoms with Gasteiger partial charge in [-0.2, -0.15) is 0 Å². The number of ether oxygens (including phenoxy) is 1. The van der Waals surface area contributed by atoms with E-state index in [-0.39, 0.29) is 15.6 Å². The lowest BCUT2D eigenvalue weighted by atomic mass is 10.2. The largest absolute Gasteiger partial charge is 0.465 e. The molecule has 0 aliphatic rings. The summed E-state index contributed by atoms with van der Waals surface area (Å²) in [4.78, 5) is 11.0. The topological polar surface area (TPSA) is 26.3 Å². The van der Waals surface area contributed by atoms with Crippen molar-refractivity contribution in [3.05, 3.63) is 34.9 Å². The first-order valence-electron chi connectivity index (χ1n) is 2.99. The number of hydrogen-bond acceptors (Lipinski definition) is 2. The van der Waals surface area contributed by atoms with Crippen LogP contribution in [0.25, 0.3) is 0 Å². The lowest BCUT2D eigenvalue weighted by Gasteiger charge is -2.01. The van der Waals surface area contributed by atoms with Crippen molar-refractivity contribution >= 4 is 29.2 Å². The number of allylic oxidation sites excluding steroid dienone is 2. The minimum absolute atomic E-state index is 0.0542. The summed E-state index contributed by atoms with van der Waals surface area (Å²) in [5, 5.41) is 0.135. The molecule has 66 valence electrons. The summed E-state index contributed by atoms with van der Waals surface area (Å²) in [6.07, 6.45) is 1.27. The van der Waals surface area contributed by atoms with E-state index in [1.54, 1.807) is 0 Å². The van der Waals surface area contributed by atoms with E-state index in [1.807, 2.05) is 0 Å². The van der Waals surface area contributed by atoms with E-state index < -0.39 is 5.97 Å². The van der Waals surface area contributed by atoms with Gasteiger partial charge in [0.2, 0.25) is 0 Å². The molecule has 0 unspecified atom stereocenters. The molecular weight excluding hydrogens is 199 g/mol. The minimum atomic E-state index is -0.586. The van der Waals surface area contributed by atoms with Crippen LogP contribution in [0.15, 0.2) is 34.9 Å². The van der Waals surface area contributed by atoms with Gasteiger partial charge in [0.05, 0.1) is 22.7 Å². The van der Waals surface area contributed by atoms with Gasteiger partial charge in [0.25, 0.3) is 0 Å². The highest BCUT2D eigenvalue weighted by Gasteiger charge is 2.12. The molecule has 0 aromatic heterocycles. The van der Waals surface area contributed by atoms with Crippen LogP contribution in [0.5, 0.6) is 0 Å². The third-order valence-corrected chi connectivity index (χ3v) is 1.80. The van der Waals surface area contributed by atoms with Gasteiger partial charge < -0.3 is 4.74 Å². The second-order valence-electron chi connectivity index (χ2n) is 1.83. The zero-order valence-corrected chi connectivity index (χ0v) is 8.08. The second kappa shape index (κ2) is 5.01. The Morgan fingerprint density at radius 1 is 1.50 bits per heavy atom. The van der Waals surface area contributed by atoms with Gasteiger partial charge in [-0.3, -0.25) is 0 Å². The van der Waals surface area contributed by atoms with E-state index >= 15 is 0 Å². The molecule has 0 fully saturated rings. The molecule has 0 aliphatic heterocycles. The molecule has 12 heavy (non-hydrogen) atoms. The number of esters is 1. The van der Waals surface area contributed by atoms with Crippen LogP contribution in [-0.2, 0) is 9.53 Å². The highest BCUT2D eigenvalue weighted by Crippen LogP contribution is 2.22. The average molecular weight is 207 g/mol. The van der Waals surface area contributed by atoms with E-state index in [9.17, 15) is 4.79 Å². The Morgan fingerprint density at radius 3 is 2.25 bits per heavy atom. The Kier molecular flexibility index (Phi) is 4.71. The number of carbonyl (C=O) groups is 1. The zero-order valence-electron chi connectivity index (χ0n) is 6.56. The minimum Gasteiger partial charge on any atom is -0.465 e. The van der Waals surface area contributed by atoms with E-state index in [4.69, 9.17) is 23.2 Å². The Morgan fingerprint density at radius 2 is 2.00 bits per heavy atom. The van der Waals surface area contributed by atoms with Crippen molar-refractivity contribution in [2.75, 3.05) is 7.11 Å². The second-order valence-corrected chi connectivity index (χ2v) is 2.66. The number of methoxy groups -OCH3 is 1. The lowest BCUT2D eigenvalue weighted by molar-refractivity contribution is -0.135. The van der Waals surface area contributed by atoms with Crippen molar-refractivity contribution in [3.63, 3.8) is 0 Å². The summed E-state index contributed by atoms with van der Waals surface area (Å²) < 4.78 is 4.42. The van der Waals surface area contributed by atoms with Crippen LogP contribution in [0.4, 0.5) is 0 Å². The fraction of sp³-hybridized carbons (Fsp3) is 0.125. The van der Waals surface area contributed by atoms with Crippen LogP contribution in [0.2, 0.25) is 0 Å². The summed E-state index contributed by atoms with van der Waals surface area (Å²) in [7, 11) is 1.24. The molecule has 2 nitrogen and oxygen atoms in total. The SMILES string of the molecule is C=C/C(C(=O)OC)=C(/Cl)C(=C)Cl. The molecule has 0 N–H and O–H groups in total. The van der Waals surface area contributed by atoms with Crippen molar-refractivity contribution < 1.29 is 9.53 Å². The Bertz CT molecular complexity index is 254. The van der Waals surface area contributed by atoms with Gasteiger partial charge in [-0.25, -0.2) is 4.79 Å². The van der Waals surface area contributed by atoms with Gasteiger partial charge in [-0.15, -0.1) is 0 Å². The Labute approximate surface area is 81.1 Å².